The molecule has 2 aromatic carbocycles. The molecule has 1 aliphatic rings. The molecule has 1 saturated heterocycles. The molecule has 3 aromatic rings. The molecule has 10 nitrogen and oxygen atoms in total. The Morgan fingerprint density at radius 3 is 2.89 bits per heavy atom. The highest BCUT2D eigenvalue weighted by molar-refractivity contribution is 5.99. The summed E-state index contributed by atoms with van der Waals surface area (Å²) in [7, 11) is 0. The number of carbonyl (C=O) groups is 2. The topological polar surface area (TPSA) is 137 Å². The summed E-state index contributed by atoms with van der Waals surface area (Å²) in [6, 6.07) is 13.0. The van der Waals surface area contributed by atoms with Crippen LogP contribution in [0.5, 0.6) is 0 Å². The fourth-order valence-corrected chi connectivity index (χ4v) is 3.87. The number of ether oxygens (including phenoxy) is 1. The van der Waals surface area contributed by atoms with Gasteiger partial charge in [0.25, 0.3) is 0 Å². The van der Waals surface area contributed by atoms with Gasteiger partial charge in [-0.1, -0.05) is 12.1 Å². The number of aromatic nitrogens is 3. The van der Waals surface area contributed by atoms with E-state index in [-0.39, 0.29) is 42.7 Å². The average Bonchev–Trinajstić information content (AvgIpc) is 3.50. The number of benzene rings is 2. The van der Waals surface area contributed by atoms with Gasteiger partial charge in [-0.2, -0.15) is 20.3 Å². The molecular formula is C25H24FN7O3. The molecule has 0 saturated carbocycles. The Morgan fingerprint density at radius 2 is 2.17 bits per heavy atom. The second kappa shape index (κ2) is 10.4. The van der Waals surface area contributed by atoms with Gasteiger partial charge in [-0.25, -0.2) is 9.18 Å². The summed E-state index contributed by atoms with van der Waals surface area (Å²) >= 11 is 0. The van der Waals surface area contributed by atoms with Crippen molar-refractivity contribution in [1.29, 1.82) is 10.7 Å². The summed E-state index contributed by atoms with van der Waals surface area (Å²) in [5.41, 5.74) is 2.34. The van der Waals surface area contributed by atoms with Crippen LogP contribution in [-0.2, 0) is 9.53 Å². The van der Waals surface area contributed by atoms with E-state index in [1.165, 1.54) is 28.8 Å². The minimum atomic E-state index is -0.634. The maximum Gasteiger partial charge on any atom is 0.414 e. The molecule has 2 N–H and O–H groups in total. The van der Waals surface area contributed by atoms with E-state index in [9.17, 15) is 14.0 Å². The smallest absolute Gasteiger partial charge is 0.414 e. The number of anilines is 1. The maximum absolute atomic E-state index is 14.9. The summed E-state index contributed by atoms with van der Waals surface area (Å²) in [5.74, 6) is -0.868. The molecule has 4 rings (SSSR count). The lowest BCUT2D eigenvalue weighted by molar-refractivity contribution is -0.119. The fourth-order valence-electron chi connectivity index (χ4n) is 3.87. The monoisotopic (exact) mass is 489 g/mol. The third kappa shape index (κ3) is 5.38. The zero-order chi connectivity index (χ0) is 25.8. The van der Waals surface area contributed by atoms with Gasteiger partial charge in [-0.3, -0.25) is 9.69 Å². The largest absolute Gasteiger partial charge is 0.442 e. The van der Waals surface area contributed by atoms with Crippen LogP contribution in [0, 0.1) is 22.6 Å². The van der Waals surface area contributed by atoms with Crippen LogP contribution >= 0.6 is 0 Å². The van der Waals surface area contributed by atoms with Crippen molar-refractivity contribution in [2.45, 2.75) is 32.4 Å². The van der Waals surface area contributed by atoms with Crippen LogP contribution in [0.15, 0.2) is 48.7 Å². The number of amides is 2. The highest BCUT2D eigenvalue weighted by Crippen LogP contribution is 2.26. The van der Waals surface area contributed by atoms with Crippen LogP contribution in [0.2, 0.25) is 0 Å². The zero-order valence-electron chi connectivity index (χ0n) is 19.7. The van der Waals surface area contributed by atoms with Gasteiger partial charge in [0, 0.05) is 30.2 Å². The van der Waals surface area contributed by atoms with E-state index in [0.29, 0.717) is 16.9 Å². The molecular weight excluding hydrogens is 465 g/mol. The van der Waals surface area contributed by atoms with Gasteiger partial charge in [0.2, 0.25) is 5.91 Å². The summed E-state index contributed by atoms with van der Waals surface area (Å²) in [6.07, 6.45) is 0.604. The fraction of sp³-hybridized carbons (Fsp3) is 0.280. The molecule has 0 spiro atoms. The van der Waals surface area contributed by atoms with E-state index in [1.54, 1.807) is 30.5 Å². The number of rotatable bonds is 8. The maximum atomic E-state index is 14.9. The molecule has 2 heterocycles. The molecule has 2 amide bonds. The van der Waals surface area contributed by atoms with Crippen LogP contribution in [0.1, 0.15) is 37.4 Å². The molecule has 1 aliphatic heterocycles. The lowest BCUT2D eigenvalue weighted by Gasteiger charge is -2.16. The molecule has 0 unspecified atom stereocenters. The van der Waals surface area contributed by atoms with Crippen LogP contribution in [-0.4, -0.2) is 51.9 Å². The summed E-state index contributed by atoms with van der Waals surface area (Å²) in [4.78, 5) is 26.0. The minimum Gasteiger partial charge on any atom is -0.442 e. The van der Waals surface area contributed by atoms with E-state index in [4.69, 9.17) is 15.4 Å². The van der Waals surface area contributed by atoms with Crippen molar-refractivity contribution < 1.29 is 18.7 Å². The lowest BCUT2D eigenvalue weighted by atomic mass is 10.0. The Morgan fingerprint density at radius 1 is 1.36 bits per heavy atom. The Labute approximate surface area is 206 Å². The van der Waals surface area contributed by atoms with Crippen LogP contribution in [0.3, 0.4) is 0 Å². The number of carbonyl (C=O) groups excluding carboxylic acids is 2. The number of nitrogens with zero attached hydrogens (tertiary/aromatic N) is 5. The number of nitrogens with one attached hydrogen (secondary N) is 2. The molecule has 0 radical (unpaired) electrons. The van der Waals surface area contributed by atoms with Crippen molar-refractivity contribution >= 4 is 23.4 Å². The first-order valence-corrected chi connectivity index (χ1v) is 11.3. The van der Waals surface area contributed by atoms with Crippen molar-refractivity contribution in [3.63, 3.8) is 0 Å². The molecule has 0 aliphatic carbocycles. The van der Waals surface area contributed by atoms with Gasteiger partial charge in [0.1, 0.15) is 17.6 Å². The van der Waals surface area contributed by atoms with E-state index in [1.807, 2.05) is 13.0 Å². The standard InChI is InChI=1S/C25H24FN7O3/c1-15(33-30-13-24(31-33)18-5-3-4-17(9-18)11-27)8-23(28)21-7-6-19(10-22(21)26)32-14-20(36-25(32)35)12-29-16(2)34/h3-7,9-10,13,15,20,28H,8,12,14H2,1-2H3,(H,29,34)/t15-,20+/m1/s1. The third-order valence-corrected chi connectivity index (χ3v) is 5.73. The Balaban J connectivity index is 1.42. The predicted octanol–water partition coefficient (Wildman–Crippen LogP) is 3.44. The van der Waals surface area contributed by atoms with E-state index < -0.39 is 18.0 Å². The molecule has 0 bridgehead atoms. The van der Waals surface area contributed by atoms with Crippen molar-refractivity contribution in [1.82, 2.24) is 20.3 Å². The summed E-state index contributed by atoms with van der Waals surface area (Å²) in [5, 5.41) is 28.8. The number of hydrogen-bond acceptors (Lipinski definition) is 7. The number of hydrogen-bond donors (Lipinski definition) is 2. The molecule has 11 heteroatoms. The van der Waals surface area contributed by atoms with E-state index in [2.05, 4.69) is 21.6 Å². The van der Waals surface area contributed by atoms with E-state index >= 15 is 0 Å². The first-order valence-electron chi connectivity index (χ1n) is 11.3. The summed E-state index contributed by atoms with van der Waals surface area (Å²) < 4.78 is 20.2. The Bertz CT molecular complexity index is 1360. The highest BCUT2D eigenvalue weighted by atomic mass is 19.1. The van der Waals surface area contributed by atoms with Gasteiger partial charge < -0.3 is 15.5 Å². The zero-order valence-corrected chi connectivity index (χ0v) is 19.7. The average molecular weight is 490 g/mol. The molecule has 1 fully saturated rings. The molecule has 36 heavy (non-hydrogen) atoms. The number of cyclic esters (lactones) is 1. The quantitative estimate of drug-likeness (QED) is 0.465. The molecule has 184 valence electrons. The van der Waals surface area contributed by atoms with Crippen molar-refractivity contribution in [3.8, 4) is 17.3 Å². The van der Waals surface area contributed by atoms with Crippen molar-refractivity contribution in [3.05, 3.63) is 65.6 Å². The Hall–Kier alpha value is -4.59. The predicted molar refractivity (Wildman–Crippen MR) is 129 cm³/mol. The van der Waals surface area contributed by atoms with Gasteiger partial charge in [-0.05, 0) is 37.3 Å². The van der Waals surface area contributed by atoms with Crippen molar-refractivity contribution in [2.24, 2.45) is 0 Å². The lowest BCUT2D eigenvalue weighted by Crippen LogP contribution is -2.33. The van der Waals surface area contributed by atoms with Gasteiger partial charge in [-0.15, -0.1) is 0 Å². The number of nitriles is 1. The number of halogens is 1. The second-order valence-corrected chi connectivity index (χ2v) is 8.49. The normalized spacial score (nSPS) is 15.8. The van der Waals surface area contributed by atoms with Crippen molar-refractivity contribution in [2.75, 3.05) is 18.0 Å². The second-order valence-electron chi connectivity index (χ2n) is 8.49. The minimum absolute atomic E-state index is 0.0596. The van der Waals surface area contributed by atoms with Crippen LogP contribution in [0.25, 0.3) is 11.3 Å². The van der Waals surface area contributed by atoms with E-state index in [0.717, 1.165) is 5.56 Å². The third-order valence-electron chi connectivity index (χ3n) is 5.73. The highest BCUT2D eigenvalue weighted by Gasteiger charge is 2.33. The SMILES string of the molecule is CC(=O)NC[C@H]1CN(c2ccc(C(=N)C[C@@H](C)n3ncc(-c4cccc(C#N)c4)n3)c(F)c2)C(=O)O1. The summed E-state index contributed by atoms with van der Waals surface area (Å²) in [6.45, 7) is 3.55. The Kier molecular flexibility index (Phi) is 7.05. The first-order chi connectivity index (χ1) is 17.2. The first kappa shape index (κ1) is 24.5. The van der Waals surface area contributed by atoms with Gasteiger partial charge >= 0.3 is 6.09 Å². The van der Waals surface area contributed by atoms with Gasteiger partial charge in [0.05, 0.1) is 42.6 Å². The molecule has 2 atom stereocenters. The van der Waals surface area contributed by atoms with Crippen LogP contribution in [0.4, 0.5) is 14.9 Å². The van der Waals surface area contributed by atoms with Crippen LogP contribution < -0.4 is 10.2 Å². The van der Waals surface area contributed by atoms with Gasteiger partial charge in [0.15, 0.2) is 0 Å². The molecule has 1 aromatic heterocycles.